The molecule has 0 aromatic heterocycles. The van der Waals surface area contributed by atoms with Crippen molar-refractivity contribution < 1.29 is 28.8 Å². The third-order valence-corrected chi connectivity index (χ3v) is 3.65. The molecule has 0 saturated carbocycles. The summed E-state index contributed by atoms with van der Waals surface area (Å²) in [5.74, 6) is -2.08. The summed E-state index contributed by atoms with van der Waals surface area (Å²) in [6.07, 6.45) is 0. The van der Waals surface area contributed by atoms with Gasteiger partial charge in [0.2, 0.25) is 0 Å². The van der Waals surface area contributed by atoms with Gasteiger partial charge in [-0.15, -0.1) is 0 Å². The normalized spacial score (nSPS) is 10.1. The molecule has 9 heteroatoms. The smallest absolute Gasteiger partial charge is 0.345 e. The van der Waals surface area contributed by atoms with E-state index >= 15 is 0 Å². The number of hydrogen-bond donors (Lipinski definition) is 1. The van der Waals surface area contributed by atoms with Crippen molar-refractivity contribution in [1.82, 2.24) is 0 Å². The minimum absolute atomic E-state index is 0.225. The Balaban J connectivity index is 1.96. The average molecular weight is 386 g/mol. The topological polar surface area (TPSA) is 125 Å². The Morgan fingerprint density at radius 2 is 1.71 bits per heavy atom. The Labute approximate surface area is 160 Å². The van der Waals surface area contributed by atoms with E-state index in [2.05, 4.69) is 5.32 Å². The summed E-state index contributed by atoms with van der Waals surface area (Å²) in [7, 11) is 0. The van der Waals surface area contributed by atoms with Crippen LogP contribution in [0.4, 0.5) is 11.4 Å². The van der Waals surface area contributed by atoms with E-state index in [0.717, 1.165) is 0 Å². The van der Waals surface area contributed by atoms with Crippen molar-refractivity contribution >= 4 is 29.2 Å². The van der Waals surface area contributed by atoms with Gasteiger partial charge in [-0.05, 0) is 44.2 Å². The lowest BCUT2D eigenvalue weighted by Gasteiger charge is -2.08. The zero-order valence-corrected chi connectivity index (χ0v) is 15.3. The minimum atomic E-state index is -0.969. The van der Waals surface area contributed by atoms with Crippen LogP contribution in [0.25, 0.3) is 0 Å². The van der Waals surface area contributed by atoms with Crippen LogP contribution in [0.15, 0.2) is 42.5 Å². The number of amides is 1. The highest BCUT2D eigenvalue weighted by atomic mass is 16.6. The molecule has 0 aliphatic rings. The van der Waals surface area contributed by atoms with E-state index in [1.54, 1.807) is 6.92 Å². The number of hydrogen-bond acceptors (Lipinski definition) is 7. The van der Waals surface area contributed by atoms with E-state index in [0.29, 0.717) is 16.8 Å². The quantitative estimate of drug-likeness (QED) is 0.440. The van der Waals surface area contributed by atoms with E-state index in [4.69, 9.17) is 9.47 Å². The molecule has 146 valence electrons. The van der Waals surface area contributed by atoms with Crippen molar-refractivity contribution in [3.8, 4) is 0 Å². The first kappa shape index (κ1) is 20.6. The maximum atomic E-state index is 12.1. The lowest BCUT2D eigenvalue weighted by atomic mass is 10.1. The number of nitrogens with zero attached hydrogens (tertiary/aromatic N) is 1. The molecule has 0 spiro atoms. The third kappa shape index (κ3) is 5.13. The highest BCUT2D eigenvalue weighted by Gasteiger charge is 2.24. The third-order valence-electron chi connectivity index (χ3n) is 3.65. The van der Waals surface area contributed by atoms with Gasteiger partial charge >= 0.3 is 11.9 Å². The fourth-order valence-electron chi connectivity index (χ4n) is 2.38. The van der Waals surface area contributed by atoms with Crippen molar-refractivity contribution in [1.29, 1.82) is 0 Å². The fraction of sp³-hybridized carbons (Fsp3) is 0.211. The molecule has 0 radical (unpaired) electrons. The Kier molecular flexibility index (Phi) is 6.80. The van der Waals surface area contributed by atoms with Gasteiger partial charge in [0.25, 0.3) is 11.6 Å². The summed E-state index contributed by atoms with van der Waals surface area (Å²) in [6.45, 7) is 2.83. The Hall–Kier alpha value is -3.75. The maximum absolute atomic E-state index is 12.1. The highest BCUT2D eigenvalue weighted by Crippen LogP contribution is 2.23. The molecule has 28 heavy (non-hydrogen) atoms. The van der Waals surface area contributed by atoms with E-state index in [1.807, 2.05) is 0 Å². The summed E-state index contributed by atoms with van der Waals surface area (Å²) < 4.78 is 9.73. The van der Waals surface area contributed by atoms with Crippen molar-refractivity contribution in [3.63, 3.8) is 0 Å². The number of nitro benzene ring substituents is 1. The first-order chi connectivity index (χ1) is 13.3. The van der Waals surface area contributed by atoms with Crippen LogP contribution >= 0.6 is 0 Å². The van der Waals surface area contributed by atoms with E-state index in [9.17, 15) is 24.5 Å². The Bertz CT molecular complexity index is 907. The van der Waals surface area contributed by atoms with Gasteiger partial charge in [0.15, 0.2) is 6.61 Å². The molecule has 9 nitrogen and oxygen atoms in total. The highest BCUT2D eigenvalue weighted by molar-refractivity contribution is 5.98. The molecule has 2 aromatic rings. The number of carbonyl (C=O) groups excluding carboxylic acids is 3. The maximum Gasteiger partial charge on any atom is 0.345 e. The summed E-state index contributed by atoms with van der Waals surface area (Å²) in [5, 5.41) is 13.6. The predicted octanol–water partition coefficient (Wildman–Crippen LogP) is 2.88. The molecule has 0 fully saturated rings. The van der Waals surface area contributed by atoms with Gasteiger partial charge < -0.3 is 14.8 Å². The predicted molar refractivity (Wildman–Crippen MR) is 99.1 cm³/mol. The molecular formula is C19H18N2O7. The lowest BCUT2D eigenvalue weighted by molar-refractivity contribution is -0.385. The van der Waals surface area contributed by atoms with Crippen LogP contribution in [0.2, 0.25) is 0 Å². The molecule has 0 aliphatic heterocycles. The van der Waals surface area contributed by atoms with Crippen molar-refractivity contribution in [3.05, 3.63) is 69.3 Å². The molecule has 0 bridgehead atoms. The zero-order chi connectivity index (χ0) is 20.7. The van der Waals surface area contributed by atoms with Gasteiger partial charge in [0.05, 0.1) is 17.1 Å². The van der Waals surface area contributed by atoms with Gasteiger partial charge in [0.1, 0.15) is 5.56 Å². The van der Waals surface area contributed by atoms with Crippen molar-refractivity contribution in [2.75, 3.05) is 18.5 Å². The van der Waals surface area contributed by atoms with E-state index in [1.165, 1.54) is 49.4 Å². The van der Waals surface area contributed by atoms with Crippen LogP contribution in [0.1, 0.15) is 33.2 Å². The summed E-state index contributed by atoms with van der Waals surface area (Å²) in [4.78, 5) is 46.1. The van der Waals surface area contributed by atoms with Crippen LogP contribution in [-0.4, -0.2) is 36.0 Å². The monoisotopic (exact) mass is 386 g/mol. The summed E-state index contributed by atoms with van der Waals surface area (Å²) in [5.41, 5.74) is 0.443. The second-order valence-corrected chi connectivity index (χ2v) is 5.65. The van der Waals surface area contributed by atoms with Gasteiger partial charge in [-0.25, -0.2) is 9.59 Å². The molecule has 2 aromatic carbocycles. The van der Waals surface area contributed by atoms with Gasteiger partial charge in [-0.1, -0.05) is 12.1 Å². The number of ether oxygens (including phenoxy) is 2. The zero-order valence-electron chi connectivity index (χ0n) is 15.3. The standard InChI is InChI=1S/C19H18N2O7/c1-3-27-18(23)13-7-9-14(10-8-13)20-16(22)11-28-19(24)15-6-4-5-12(2)17(15)21(25)26/h4-10H,3,11H2,1-2H3,(H,20,22). The van der Waals surface area contributed by atoms with Crippen molar-refractivity contribution in [2.24, 2.45) is 0 Å². The van der Waals surface area contributed by atoms with Crippen LogP contribution in [0.3, 0.4) is 0 Å². The van der Waals surface area contributed by atoms with Crippen molar-refractivity contribution in [2.45, 2.75) is 13.8 Å². The molecule has 2 rings (SSSR count). The van der Waals surface area contributed by atoms with Crippen LogP contribution in [0, 0.1) is 17.0 Å². The summed E-state index contributed by atoms with van der Waals surface area (Å²) >= 11 is 0. The molecule has 1 amide bonds. The number of esters is 2. The lowest BCUT2D eigenvalue weighted by Crippen LogP contribution is -2.21. The first-order valence-electron chi connectivity index (χ1n) is 8.31. The number of anilines is 1. The molecular weight excluding hydrogens is 368 g/mol. The van der Waals surface area contributed by atoms with E-state index < -0.39 is 29.4 Å². The minimum Gasteiger partial charge on any atom is -0.462 e. The molecule has 1 N–H and O–H groups in total. The van der Waals surface area contributed by atoms with Crippen LogP contribution in [0.5, 0.6) is 0 Å². The second kappa shape index (κ2) is 9.26. The van der Waals surface area contributed by atoms with Gasteiger partial charge in [-0.3, -0.25) is 14.9 Å². The van der Waals surface area contributed by atoms with Crippen LogP contribution in [-0.2, 0) is 14.3 Å². The van der Waals surface area contributed by atoms with Gasteiger partial charge in [0, 0.05) is 11.3 Å². The Morgan fingerprint density at radius 3 is 2.32 bits per heavy atom. The molecule has 0 saturated heterocycles. The number of benzene rings is 2. The van der Waals surface area contributed by atoms with Gasteiger partial charge in [-0.2, -0.15) is 0 Å². The molecule has 0 heterocycles. The molecule has 0 atom stereocenters. The number of carbonyl (C=O) groups is 3. The average Bonchev–Trinajstić information content (AvgIpc) is 2.66. The van der Waals surface area contributed by atoms with E-state index in [-0.39, 0.29) is 17.9 Å². The largest absolute Gasteiger partial charge is 0.462 e. The summed E-state index contributed by atoms with van der Waals surface area (Å²) in [6, 6.07) is 10.2. The number of nitrogens with one attached hydrogen (secondary N) is 1. The number of rotatable bonds is 7. The second-order valence-electron chi connectivity index (χ2n) is 5.65. The van der Waals surface area contributed by atoms with Crippen LogP contribution < -0.4 is 5.32 Å². The Morgan fingerprint density at radius 1 is 1.04 bits per heavy atom. The molecule has 0 unspecified atom stereocenters. The fourth-order valence-corrected chi connectivity index (χ4v) is 2.38. The number of para-hydroxylation sites is 1. The number of nitro groups is 1. The number of aryl methyl sites for hydroxylation is 1. The SMILES string of the molecule is CCOC(=O)c1ccc(NC(=O)COC(=O)c2cccc(C)c2[N+](=O)[O-])cc1. The first-order valence-corrected chi connectivity index (χ1v) is 8.31. The molecule has 0 aliphatic carbocycles.